The molecule has 44 heavy (non-hydrogen) atoms. The van der Waals surface area contributed by atoms with E-state index in [0.29, 0.717) is 18.7 Å². The summed E-state index contributed by atoms with van der Waals surface area (Å²) >= 11 is 0. The van der Waals surface area contributed by atoms with Crippen LogP contribution >= 0.6 is 0 Å². The molecule has 3 aromatic rings. The number of aromatic hydroxyl groups is 1. The predicted octanol–water partition coefficient (Wildman–Crippen LogP) is 3.91. The second-order valence-corrected chi connectivity index (χ2v) is 11.4. The molecule has 0 spiro atoms. The maximum Gasteiger partial charge on any atom is 0.303 e. The number of carbonyl (C=O) groups is 2. The molecule has 3 aromatic carbocycles. The van der Waals surface area contributed by atoms with Gasteiger partial charge in [-0.25, -0.2) is 0 Å². The lowest BCUT2D eigenvalue weighted by Crippen LogP contribution is -2.44. The summed E-state index contributed by atoms with van der Waals surface area (Å²) in [4.78, 5) is 25.4. The fraction of sp³-hybridized carbons (Fsp3) is 0.412. The van der Waals surface area contributed by atoms with Crippen molar-refractivity contribution >= 4 is 11.9 Å². The van der Waals surface area contributed by atoms with Crippen molar-refractivity contribution in [1.82, 2.24) is 10.2 Å². The fourth-order valence-corrected chi connectivity index (χ4v) is 5.27. The summed E-state index contributed by atoms with van der Waals surface area (Å²) in [5, 5.41) is 32.9. The Labute approximate surface area is 258 Å². The van der Waals surface area contributed by atoms with Gasteiger partial charge in [0.2, 0.25) is 0 Å². The van der Waals surface area contributed by atoms with Crippen LogP contribution in [-0.4, -0.2) is 64.4 Å². The predicted molar refractivity (Wildman–Crippen MR) is 163 cm³/mol. The quantitative estimate of drug-likeness (QED) is 0.226. The number of phenolic OH excluding ortho intramolecular Hbond substituents is 1. The van der Waals surface area contributed by atoms with Crippen LogP contribution in [0.2, 0.25) is 0 Å². The Kier molecular flexibility index (Phi) is 11.5. The molecular weight excluding hydrogens is 564 g/mol. The zero-order chi connectivity index (χ0) is 31.8. The van der Waals surface area contributed by atoms with Crippen LogP contribution in [0.25, 0.3) is 0 Å². The highest BCUT2D eigenvalue weighted by Crippen LogP contribution is 2.42. The Morgan fingerprint density at radius 2 is 1.66 bits per heavy atom. The van der Waals surface area contributed by atoms with Crippen LogP contribution in [0.1, 0.15) is 67.1 Å². The zero-order valence-corrected chi connectivity index (χ0v) is 25.6. The van der Waals surface area contributed by atoms with Gasteiger partial charge < -0.3 is 39.7 Å². The molecule has 0 radical (unpaired) electrons. The van der Waals surface area contributed by atoms with Crippen LogP contribution in [-0.2, 0) is 37.0 Å². The van der Waals surface area contributed by atoms with Crippen LogP contribution in [0.4, 0.5) is 0 Å². The van der Waals surface area contributed by atoms with Crippen molar-refractivity contribution < 1.29 is 39.1 Å². The van der Waals surface area contributed by atoms with Crippen molar-refractivity contribution in [2.24, 2.45) is 5.92 Å². The standard InChI is InChI=1S/C34H42N2O8/c1-21-31(19-36(4)18-30(40)28-6-5-7-29(39)16-28)43-34(44-32(21)26-12-10-25(20-37)11-13-26)27-14-8-24(9-15-27)17-35-33(41)22(2)42-23(3)38/h5-16,21-22,30-32,34,37,39-40H,17-20H2,1-4H3,(H,35,41)/t21-,22-,30+,31+,32+,34?/m0/s1. The second kappa shape index (κ2) is 15.3. The molecule has 0 saturated carbocycles. The van der Waals surface area contributed by atoms with Gasteiger partial charge in [0.15, 0.2) is 12.4 Å². The van der Waals surface area contributed by atoms with Gasteiger partial charge in [-0.1, -0.05) is 67.6 Å². The van der Waals surface area contributed by atoms with Gasteiger partial charge in [0.05, 0.1) is 24.9 Å². The van der Waals surface area contributed by atoms with Crippen LogP contribution in [0.5, 0.6) is 5.75 Å². The maximum atomic E-state index is 12.2. The van der Waals surface area contributed by atoms with Crippen molar-refractivity contribution in [3.05, 3.63) is 101 Å². The van der Waals surface area contributed by atoms with E-state index < -0.39 is 24.5 Å². The van der Waals surface area contributed by atoms with Gasteiger partial charge in [-0.3, -0.25) is 9.59 Å². The molecule has 1 saturated heterocycles. The van der Waals surface area contributed by atoms with Crippen molar-refractivity contribution in [2.75, 3.05) is 20.1 Å². The van der Waals surface area contributed by atoms with Crippen molar-refractivity contribution in [2.45, 2.75) is 64.6 Å². The highest BCUT2D eigenvalue weighted by atomic mass is 16.7. The van der Waals surface area contributed by atoms with E-state index in [1.165, 1.54) is 13.8 Å². The number of aliphatic hydroxyl groups excluding tert-OH is 2. The van der Waals surface area contributed by atoms with E-state index in [2.05, 4.69) is 12.2 Å². The first-order valence-electron chi connectivity index (χ1n) is 14.7. The molecule has 10 heteroatoms. The molecule has 10 nitrogen and oxygen atoms in total. The largest absolute Gasteiger partial charge is 0.508 e. The third-order valence-electron chi connectivity index (χ3n) is 7.79. The van der Waals surface area contributed by atoms with Gasteiger partial charge in [-0.05, 0) is 48.4 Å². The fourth-order valence-electron chi connectivity index (χ4n) is 5.27. The van der Waals surface area contributed by atoms with Crippen molar-refractivity contribution in [3.8, 4) is 5.75 Å². The lowest BCUT2D eigenvalue weighted by Gasteiger charge is -2.42. The van der Waals surface area contributed by atoms with Crippen LogP contribution < -0.4 is 5.32 Å². The first-order valence-corrected chi connectivity index (χ1v) is 14.7. The smallest absolute Gasteiger partial charge is 0.303 e. The summed E-state index contributed by atoms with van der Waals surface area (Å²) in [6.07, 6.45) is -2.88. The Morgan fingerprint density at radius 1 is 1.00 bits per heavy atom. The topological polar surface area (TPSA) is 138 Å². The van der Waals surface area contributed by atoms with E-state index in [-0.39, 0.29) is 42.9 Å². The molecule has 0 bridgehead atoms. The van der Waals surface area contributed by atoms with Crippen LogP contribution in [0.3, 0.4) is 0 Å². The summed E-state index contributed by atoms with van der Waals surface area (Å²) in [7, 11) is 1.92. The third kappa shape index (κ3) is 8.87. The second-order valence-electron chi connectivity index (χ2n) is 11.4. The number of amides is 1. The van der Waals surface area contributed by atoms with Gasteiger partial charge in [0.25, 0.3) is 5.91 Å². The van der Waals surface area contributed by atoms with Gasteiger partial charge in [0.1, 0.15) is 5.75 Å². The minimum atomic E-state index is -0.878. The van der Waals surface area contributed by atoms with Crippen LogP contribution in [0, 0.1) is 5.92 Å². The number of carbonyl (C=O) groups excluding carboxylic acids is 2. The van der Waals surface area contributed by atoms with Gasteiger partial charge in [-0.15, -0.1) is 0 Å². The van der Waals surface area contributed by atoms with E-state index in [9.17, 15) is 24.9 Å². The number of hydrogen-bond acceptors (Lipinski definition) is 9. The summed E-state index contributed by atoms with van der Waals surface area (Å²) in [5.41, 5.74) is 4.08. The van der Waals surface area contributed by atoms with E-state index in [1.54, 1.807) is 24.3 Å². The summed E-state index contributed by atoms with van der Waals surface area (Å²) in [6, 6.07) is 21.9. The van der Waals surface area contributed by atoms with E-state index in [0.717, 1.165) is 22.3 Å². The normalized spacial score (nSPS) is 21.4. The Bertz CT molecular complexity index is 1380. The number of nitrogens with one attached hydrogen (secondary N) is 1. The molecule has 1 aliphatic rings. The lowest BCUT2D eigenvalue weighted by atomic mass is 9.90. The minimum absolute atomic E-state index is 0.0414. The molecule has 0 aromatic heterocycles. The van der Waals surface area contributed by atoms with Gasteiger partial charge >= 0.3 is 5.97 Å². The van der Waals surface area contributed by atoms with Gasteiger partial charge in [-0.2, -0.15) is 0 Å². The van der Waals surface area contributed by atoms with Gasteiger partial charge in [0, 0.05) is 38.0 Å². The molecule has 4 N–H and O–H groups in total. The van der Waals surface area contributed by atoms with E-state index in [1.807, 2.05) is 60.5 Å². The third-order valence-corrected chi connectivity index (χ3v) is 7.79. The molecule has 1 heterocycles. The van der Waals surface area contributed by atoms with Crippen molar-refractivity contribution in [1.29, 1.82) is 0 Å². The molecule has 1 aliphatic heterocycles. The molecule has 1 unspecified atom stereocenters. The maximum absolute atomic E-state index is 12.2. The van der Waals surface area contributed by atoms with Crippen LogP contribution in [0.15, 0.2) is 72.8 Å². The number of esters is 1. The molecule has 236 valence electrons. The number of rotatable bonds is 12. The van der Waals surface area contributed by atoms with Crippen molar-refractivity contribution in [3.63, 3.8) is 0 Å². The Hall–Kier alpha value is -3.80. The first kappa shape index (κ1) is 33.1. The van der Waals surface area contributed by atoms with E-state index >= 15 is 0 Å². The van der Waals surface area contributed by atoms with E-state index in [4.69, 9.17) is 14.2 Å². The molecule has 0 aliphatic carbocycles. The summed E-state index contributed by atoms with van der Waals surface area (Å²) in [6.45, 7) is 5.94. The number of likely N-dealkylation sites (N-methyl/N-ethyl adjacent to an activating group) is 1. The Balaban J connectivity index is 1.48. The number of nitrogens with zero attached hydrogens (tertiary/aromatic N) is 1. The summed E-state index contributed by atoms with van der Waals surface area (Å²) in [5.74, 6) is -0.833. The molecule has 1 amide bonds. The minimum Gasteiger partial charge on any atom is -0.508 e. The number of hydrogen-bond donors (Lipinski definition) is 4. The average Bonchev–Trinajstić information content (AvgIpc) is 3.00. The highest BCUT2D eigenvalue weighted by Gasteiger charge is 2.39. The Morgan fingerprint density at radius 3 is 2.30 bits per heavy atom. The number of ether oxygens (including phenoxy) is 3. The number of phenols is 1. The summed E-state index contributed by atoms with van der Waals surface area (Å²) < 4.78 is 18.0. The monoisotopic (exact) mass is 606 g/mol. The lowest BCUT2D eigenvalue weighted by molar-refractivity contribution is -0.276. The molecular formula is C34H42N2O8. The first-order chi connectivity index (χ1) is 21.0. The average molecular weight is 607 g/mol. The zero-order valence-electron chi connectivity index (χ0n) is 25.6. The SMILES string of the molecule is CC(=O)O[C@@H](C)C(=O)NCc1ccc(C2O[C@H](CN(C)C[C@@H](O)c3cccc(O)c3)[C@H](C)[C@H](c3ccc(CO)cc3)O2)cc1. The number of aliphatic hydroxyl groups is 2. The molecule has 4 rings (SSSR count). The molecule has 6 atom stereocenters. The molecule has 1 fully saturated rings. The highest BCUT2D eigenvalue weighted by molar-refractivity contribution is 5.82. The number of benzene rings is 3.